The van der Waals surface area contributed by atoms with Gasteiger partial charge in [-0.25, -0.2) is 0 Å². The molecule has 7 atom stereocenters. The van der Waals surface area contributed by atoms with Crippen LogP contribution < -0.4 is 0 Å². The monoisotopic (exact) mass is 350 g/mol. The summed E-state index contributed by atoms with van der Waals surface area (Å²) >= 11 is 6.45. The molecule has 0 amide bonds. The fourth-order valence-corrected chi connectivity index (χ4v) is 7.49. The van der Waals surface area contributed by atoms with Gasteiger partial charge >= 0.3 is 0 Å². The topological polar surface area (TPSA) is 37.3 Å². The Morgan fingerprint density at radius 3 is 2.58 bits per heavy atom. The molecule has 3 fully saturated rings. The summed E-state index contributed by atoms with van der Waals surface area (Å²) in [5.74, 6) is 1.78. The van der Waals surface area contributed by atoms with Crippen molar-refractivity contribution in [2.24, 2.45) is 28.6 Å². The van der Waals surface area contributed by atoms with E-state index < -0.39 is 5.60 Å². The second-order valence-corrected chi connectivity index (χ2v) is 10.1. The number of carbonyl (C=O) groups excluding carboxylic acids is 1. The highest BCUT2D eigenvalue weighted by atomic mass is 35.5. The molecule has 0 heterocycles. The van der Waals surface area contributed by atoms with Gasteiger partial charge < -0.3 is 5.11 Å². The van der Waals surface area contributed by atoms with Crippen LogP contribution in [-0.4, -0.2) is 21.9 Å². The molecule has 0 saturated heterocycles. The number of rotatable bonds is 1. The first-order valence-corrected chi connectivity index (χ1v) is 10.2. The van der Waals surface area contributed by atoms with Gasteiger partial charge in [0.15, 0.2) is 5.78 Å². The highest BCUT2D eigenvalue weighted by Gasteiger charge is 2.65. The molecule has 4 aliphatic rings. The molecule has 1 N–H and O–H groups in total. The molecule has 0 aromatic rings. The molecule has 0 aliphatic heterocycles. The highest BCUT2D eigenvalue weighted by molar-refractivity contribution is 6.20. The lowest BCUT2D eigenvalue weighted by Gasteiger charge is -2.58. The molecular weight excluding hydrogens is 320 g/mol. The van der Waals surface area contributed by atoms with Gasteiger partial charge in [-0.3, -0.25) is 4.79 Å². The maximum atomic E-state index is 12.2. The van der Waals surface area contributed by atoms with E-state index in [2.05, 4.69) is 19.9 Å². The highest BCUT2D eigenvalue weighted by Crippen LogP contribution is 2.67. The van der Waals surface area contributed by atoms with Crippen LogP contribution in [0.1, 0.15) is 72.1 Å². The molecule has 0 aromatic carbocycles. The molecule has 0 aromatic heterocycles. The van der Waals surface area contributed by atoms with Crippen LogP contribution in [0.5, 0.6) is 0 Å². The van der Waals surface area contributed by atoms with Gasteiger partial charge in [0.05, 0.1) is 0 Å². The number of fused-ring (bicyclic) bond motifs is 5. The Morgan fingerprint density at radius 1 is 1.17 bits per heavy atom. The molecule has 0 bridgehead atoms. The third-order valence-corrected chi connectivity index (χ3v) is 9.15. The minimum atomic E-state index is -1.10. The van der Waals surface area contributed by atoms with Gasteiger partial charge in [0.25, 0.3) is 0 Å². The number of aliphatic hydroxyl groups is 1. The van der Waals surface area contributed by atoms with Gasteiger partial charge in [0, 0.05) is 10.8 Å². The summed E-state index contributed by atoms with van der Waals surface area (Å²) in [6, 6.07) is 0. The molecule has 2 nitrogen and oxygen atoms in total. The molecule has 24 heavy (non-hydrogen) atoms. The largest absolute Gasteiger partial charge is 0.382 e. The maximum Gasteiger partial charge on any atom is 0.161 e. The summed E-state index contributed by atoms with van der Waals surface area (Å²) in [6.07, 6.45) is 10.8. The number of hydrogen-bond acceptors (Lipinski definition) is 2. The minimum absolute atomic E-state index is 0.0214. The number of ketones is 1. The van der Waals surface area contributed by atoms with Crippen molar-refractivity contribution in [1.82, 2.24) is 0 Å². The lowest BCUT2D eigenvalue weighted by molar-refractivity contribution is -0.158. The van der Waals surface area contributed by atoms with E-state index in [0.29, 0.717) is 35.0 Å². The van der Waals surface area contributed by atoms with Gasteiger partial charge in [-0.1, -0.05) is 25.5 Å². The van der Waals surface area contributed by atoms with Gasteiger partial charge in [-0.05, 0) is 81.5 Å². The standard InChI is InChI=1S/C21H31ClO2/c1-13(23)21(24)11-8-18-16-5-4-14-12-15(22)6-9-19(14,2)17(16)7-10-20(18,21)3/h4,15-18,24H,5-12H2,1-3H3/t15-,16+,17-,18-,19-,20-,21+/m0/s1. The van der Waals surface area contributed by atoms with Gasteiger partial charge in [0.2, 0.25) is 0 Å². The Bertz CT molecular complexity index is 599. The zero-order valence-electron chi connectivity index (χ0n) is 15.3. The lowest BCUT2D eigenvalue weighted by Crippen LogP contribution is -2.56. The second-order valence-electron chi connectivity index (χ2n) is 9.51. The van der Waals surface area contributed by atoms with E-state index in [1.165, 1.54) is 6.42 Å². The van der Waals surface area contributed by atoms with Crippen molar-refractivity contribution in [2.75, 3.05) is 0 Å². The van der Waals surface area contributed by atoms with Crippen LogP contribution in [-0.2, 0) is 4.79 Å². The van der Waals surface area contributed by atoms with Crippen LogP contribution in [0.15, 0.2) is 11.6 Å². The molecule has 4 rings (SSSR count). The van der Waals surface area contributed by atoms with Crippen molar-refractivity contribution in [3.05, 3.63) is 11.6 Å². The number of Topliss-reactive ketones (excluding diaryl/α,β-unsaturated/α-hetero) is 1. The van der Waals surface area contributed by atoms with Crippen LogP contribution in [0.4, 0.5) is 0 Å². The molecule has 0 radical (unpaired) electrons. The van der Waals surface area contributed by atoms with Gasteiger partial charge in [-0.15, -0.1) is 11.6 Å². The van der Waals surface area contributed by atoms with E-state index >= 15 is 0 Å². The van der Waals surface area contributed by atoms with E-state index in [1.54, 1.807) is 12.5 Å². The van der Waals surface area contributed by atoms with Crippen LogP contribution in [0.3, 0.4) is 0 Å². The Labute approximate surface area is 151 Å². The Morgan fingerprint density at radius 2 is 1.88 bits per heavy atom. The molecule has 0 unspecified atom stereocenters. The number of halogens is 1. The third kappa shape index (κ3) is 2.02. The van der Waals surface area contributed by atoms with Crippen molar-refractivity contribution in [3.63, 3.8) is 0 Å². The summed E-state index contributed by atoms with van der Waals surface area (Å²) in [5.41, 5.74) is 0.567. The van der Waals surface area contributed by atoms with Crippen LogP contribution in [0.25, 0.3) is 0 Å². The summed E-state index contributed by atoms with van der Waals surface area (Å²) < 4.78 is 0. The zero-order valence-corrected chi connectivity index (χ0v) is 16.0. The molecule has 3 heteroatoms. The predicted molar refractivity (Wildman–Crippen MR) is 97.0 cm³/mol. The Hall–Kier alpha value is -0.340. The summed E-state index contributed by atoms with van der Waals surface area (Å²) in [7, 11) is 0. The number of allylic oxidation sites excluding steroid dienone is 2. The van der Waals surface area contributed by atoms with Crippen LogP contribution in [0.2, 0.25) is 0 Å². The molecule has 0 spiro atoms. The first-order valence-electron chi connectivity index (χ1n) is 9.79. The average Bonchev–Trinajstić information content (AvgIpc) is 2.81. The fraction of sp³-hybridized carbons (Fsp3) is 0.857. The second kappa shape index (κ2) is 5.33. The Balaban J connectivity index is 1.69. The Kier molecular flexibility index (Phi) is 3.80. The van der Waals surface area contributed by atoms with Crippen LogP contribution in [0, 0.1) is 28.6 Å². The minimum Gasteiger partial charge on any atom is -0.382 e. The summed E-state index contributed by atoms with van der Waals surface area (Å²) in [5, 5.41) is 11.5. The first-order chi connectivity index (χ1) is 11.2. The smallest absolute Gasteiger partial charge is 0.161 e. The van der Waals surface area contributed by atoms with Crippen molar-refractivity contribution in [1.29, 1.82) is 0 Å². The maximum absolute atomic E-state index is 12.2. The van der Waals surface area contributed by atoms with Crippen LogP contribution >= 0.6 is 11.6 Å². The van der Waals surface area contributed by atoms with Crippen molar-refractivity contribution in [2.45, 2.75) is 83.1 Å². The van der Waals surface area contributed by atoms with E-state index in [-0.39, 0.29) is 11.2 Å². The number of hydrogen-bond donors (Lipinski definition) is 1. The van der Waals surface area contributed by atoms with Gasteiger partial charge in [-0.2, -0.15) is 0 Å². The van der Waals surface area contributed by atoms with Crippen molar-refractivity contribution in [3.8, 4) is 0 Å². The summed E-state index contributed by atoms with van der Waals surface area (Å²) in [6.45, 7) is 6.24. The SMILES string of the molecule is CC(=O)[C@]1(O)CC[C@H]2[C@@H]3CC=C4C[C@@H](Cl)CC[C@]4(C)[C@H]3CC[C@@]21C. The molecular formula is C21H31ClO2. The quantitative estimate of drug-likeness (QED) is 0.540. The van der Waals surface area contributed by atoms with E-state index in [9.17, 15) is 9.90 Å². The molecule has 4 aliphatic carbocycles. The number of carbonyl (C=O) groups is 1. The van der Waals surface area contributed by atoms with Crippen molar-refractivity contribution < 1.29 is 9.90 Å². The van der Waals surface area contributed by atoms with E-state index in [0.717, 1.165) is 38.5 Å². The zero-order chi connectivity index (χ0) is 17.3. The molecule has 134 valence electrons. The first kappa shape index (κ1) is 17.1. The van der Waals surface area contributed by atoms with E-state index in [4.69, 9.17) is 11.6 Å². The van der Waals surface area contributed by atoms with Crippen molar-refractivity contribution >= 4 is 17.4 Å². The molecule has 3 saturated carbocycles. The fourth-order valence-electron chi connectivity index (χ4n) is 7.21. The predicted octanol–water partition coefficient (Wildman–Crippen LogP) is 4.88. The average molecular weight is 351 g/mol. The lowest BCUT2D eigenvalue weighted by atomic mass is 9.47. The number of alkyl halides is 1. The normalized spacial score (nSPS) is 53.6. The van der Waals surface area contributed by atoms with E-state index in [1.807, 2.05) is 0 Å². The van der Waals surface area contributed by atoms with Gasteiger partial charge in [0.1, 0.15) is 5.60 Å². The summed E-state index contributed by atoms with van der Waals surface area (Å²) in [4.78, 5) is 12.2. The third-order valence-electron chi connectivity index (χ3n) is 8.78.